The van der Waals surface area contributed by atoms with Crippen molar-refractivity contribution in [1.82, 2.24) is 10.3 Å². The predicted molar refractivity (Wildman–Crippen MR) is 173 cm³/mol. The molecule has 2 heterocycles. The van der Waals surface area contributed by atoms with E-state index in [0.29, 0.717) is 12.1 Å². The summed E-state index contributed by atoms with van der Waals surface area (Å²) in [5.74, 6) is 0.652. The molecule has 1 saturated heterocycles. The maximum absolute atomic E-state index is 12.5. The zero-order valence-electron chi connectivity index (χ0n) is 24.2. The van der Waals surface area contributed by atoms with Crippen LogP contribution in [0.3, 0.4) is 0 Å². The molecule has 5 aromatic rings. The first-order valence-electron chi connectivity index (χ1n) is 14.7. The predicted octanol–water partition coefficient (Wildman–Crippen LogP) is 7.51. The third kappa shape index (κ3) is 7.62. The second kappa shape index (κ2) is 14.5. The number of nitrogens with one attached hydrogen (secondary N) is 1. The number of carbonyl (C=O) groups excluding carboxylic acids is 1. The van der Waals surface area contributed by atoms with E-state index in [0.717, 1.165) is 45.6 Å². The molecule has 3 atom stereocenters. The summed E-state index contributed by atoms with van der Waals surface area (Å²) < 4.78 is 13.2. The highest BCUT2D eigenvalue weighted by molar-refractivity contribution is 7.99. The summed E-state index contributed by atoms with van der Waals surface area (Å²) in [5.41, 5.74) is 6.52. The molecule has 7 heteroatoms. The normalized spacial score (nSPS) is 18.1. The number of benzene rings is 4. The third-order valence-electron chi connectivity index (χ3n) is 7.59. The first-order chi connectivity index (χ1) is 21.6. The van der Waals surface area contributed by atoms with Crippen LogP contribution in [0.5, 0.6) is 0 Å². The molecule has 44 heavy (non-hydrogen) atoms. The van der Waals surface area contributed by atoms with Crippen LogP contribution in [0.25, 0.3) is 11.1 Å². The van der Waals surface area contributed by atoms with E-state index < -0.39 is 6.29 Å². The molecule has 6 rings (SSSR count). The van der Waals surface area contributed by atoms with Crippen LogP contribution in [0.4, 0.5) is 0 Å². The maximum Gasteiger partial charge on any atom is 0.253 e. The fourth-order valence-corrected chi connectivity index (χ4v) is 6.18. The van der Waals surface area contributed by atoms with Gasteiger partial charge in [-0.3, -0.25) is 9.78 Å². The molecule has 1 aliphatic rings. The monoisotopic (exact) mass is 602 g/mol. The summed E-state index contributed by atoms with van der Waals surface area (Å²) in [6.07, 6.45) is 3.26. The van der Waals surface area contributed by atoms with Gasteiger partial charge in [0.1, 0.15) is 0 Å². The summed E-state index contributed by atoms with van der Waals surface area (Å²) >= 11 is 1.79. The van der Waals surface area contributed by atoms with Crippen LogP contribution in [-0.4, -0.2) is 27.9 Å². The average molecular weight is 603 g/mol. The number of rotatable bonds is 10. The fourth-order valence-electron chi connectivity index (χ4n) is 5.24. The number of ether oxygens (including phenoxy) is 2. The third-order valence-corrected chi connectivity index (χ3v) is 8.73. The molecule has 0 unspecified atom stereocenters. The van der Waals surface area contributed by atoms with Crippen molar-refractivity contribution >= 4 is 17.7 Å². The lowest BCUT2D eigenvalue weighted by Crippen LogP contribution is -2.31. The second-order valence-electron chi connectivity index (χ2n) is 10.7. The minimum absolute atomic E-state index is 0.0126. The summed E-state index contributed by atoms with van der Waals surface area (Å²) in [6, 6.07) is 38.3. The SMILES string of the molecule is O=C(NCc1cccc(-c2cccc([C@@H]3O[C@H](CSc4ccccc4)C[C@H](c4ccc(CO)cc4)O3)c2)c1)c1cccnc1. The molecule has 1 amide bonds. The molecule has 2 N–H and O–H groups in total. The van der Waals surface area contributed by atoms with E-state index in [4.69, 9.17) is 9.47 Å². The van der Waals surface area contributed by atoms with Gasteiger partial charge >= 0.3 is 0 Å². The number of pyridine rings is 1. The van der Waals surface area contributed by atoms with Crippen LogP contribution in [0.2, 0.25) is 0 Å². The first-order valence-corrected chi connectivity index (χ1v) is 15.7. The van der Waals surface area contributed by atoms with Crippen molar-refractivity contribution in [3.05, 3.63) is 155 Å². The van der Waals surface area contributed by atoms with E-state index in [1.807, 2.05) is 54.6 Å². The molecule has 0 spiro atoms. The Hall–Kier alpha value is -4.27. The number of aliphatic hydroxyl groups is 1. The molecular formula is C37H34N2O4S. The topological polar surface area (TPSA) is 80.7 Å². The van der Waals surface area contributed by atoms with Gasteiger partial charge in [-0.15, -0.1) is 11.8 Å². The standard InChI is InChI=1S/C37H34N2O4S/c40-24-26-14-16-28(17-15-26)35-21-33(25-44-34-12-2-1-3-13-34)42-37(43-35)31-10-5-9-30(20-31)29-8-4-7-27(19-29)22-39-36(41)32-11-6-18-38-23-32/h1-20,23,33,35,37,40H,21-22,24-25H2,(H,39,41)/t33-,35+,37+/m0/s1. The Bertz CT molecular complexity index is 1660. The molecule has 0 saturated carbocycles. The van der Waals surface area contributed by atoms with Crippen molar-refractivity contribution in [2.45, 2.75) is 43.0 Å². The lowest BCUT2D eigenvalue weighted by Gasteiger charge is -2.36. The number of aliphatic hydroxyl groups excluding tert-OH is 1. The first kappa shape index (κ1) is 29.8. The van der Waals surface area contributed by atoms with Gasteiger partial charge in [0.2, 0.25) is 0 Å². The van der Waals surface area contributed by atoms with Gasteiger partial charge in [0.05, 0.1) is 24.4 Å². The number of nitrogens with zero attached hydrogens (tertiary/aromatic N) is 1. The van der Waals surface area contributed by atoms with Crippen molar-refractivity contribution in [1.29, 1.82) is 0 Å². The van der Waals surface area contributed by atoms with Crippen molar-refractivity contribution in [2.24, 2.45) is 0 Å². The van der Waals surface area contributed by atoms with Gasteiger partial charge in [-0.25, -0.2) is 0 Å². The lowest BCUT2D eigenvalue weighted by molar-refractivity contribution is -0.245. The van der Waals surface area contributed by atoms with Gasteiger partial charge in [0.15, 0.2) is 6.29 Å². The van der Waals surface area contributed by atoms with Gasteiger partial charge in [0.25, 0.3) is 5.91 Å². The van der Waals surface area contributed by atoms with E-state index in [1.165, 1.54) is 4.90 Å². The molecule has 1 fully saturated rings. The van der Waals surface area contributed by atoms with Crippen molar-refractivity contribution < 1.29 is 19.4 Å². The number of hydrogen-bond donors (Lipinski definition) is 2. The van der Waals surface area contributed by atoms with E-state index in [2.05, 4.69) is 58.8 Å². The fraction of sp³-hybridized carbons (Fsp3) is 0.189. The summed E-state index contributed by atoms with van der Waals surface area (Å²) in [4.78, 5) is 17.8. The van der Waals surface area contributed by atoms with Crippen molar-refractivity contribution in [3.8, 4) is 11.1 Å². The van der Waals surface area contributed by atoms with Crippen molar-refractivity contribution in [3.63, 3.8) is 0 Å². The molecule has 1 aliphatic heterocycles. The second-order valence-corrected chi connectivity index (χ2v) is 11.8. The molecule has 0 bridgehead atoms. The number of aromatic nitrogens is 1. The van der Waals surface area contributed by atoms with Crippen molar-refractivity contribution in [2.75, 3.05) is 5.75 Å². The van der Waals surface area contributed by atoms with E-state index in [1.54, 1.807) is 36.3 Å². The Morgan fingerprint density at radius 2 is 1.61 bits per heavy atom. The van der Waals surface area contributed by atoms with E-state index in [-0.39, 0.29) is 24.7 Å². The van der Waals surface area contributed by atoms with Crippen LogP contribution in [0.15, 0.2) is 133 Å². The van der Waals surface area contributed by atoms with Gasteiger partial charge in [-0.05, 0) is 64.2 Å². The summed E-state index contributed by atoms with van der Waals surface area (Å²) in [7, 11) is 0. The Morgan fingerprint density at radius 3 is 2.39 bits per heavy atom. The zero-order chi connectivity index (χ0) is 30.1. The Morgan fingerprint density at radius 1 is 0.818 bits per heavy atom. The van der Waals surface area contributed by atoms with Crippen LogP contribution in [0.1, 0.15) is 51.4 Å². The van der Waals surface area contributed by atoms with E-state index in [9.17, 15) is 9.90 Å². The van der Waals surface area contributed by atoms with Gasteiger partial charge in [-0.1, -0.05) is 78.9 Å². The van der Waals surface area contributed by atoms with Crippen LogP contribution in [-0.2, 0) is 22.6 Å². The number of thioether (sulfide) groups is 1. The van der Waals surface area contributed by atoms with Gasteiger partial charge < -0.3 is 19.9 Å². The largest absolute Gasteiger partial charge is 0.392 e. The minimum Gasteiger partial charge on any atom is -0.392 e. The average Bonchev–Trinajstić information content (AvgIpc) is 3.10. The summed E-state index contributed by atoms with van der Waals surface area (Å²) in [5, 5.41) is 12.5. The van der Waals surface area contributed by atoms with Crippen LogP contribution < -0.4 is 5.32 Å². The lowest BCUT2D eigenvalue weighted by atomic mass is 9.99. The van der Waals surface area contributed by atoms with Crippen LogP contribution >= 0.6 is 11.8 Å². The molecule has 222 valence electrons. The Kier molecular flexibility index (Phi) is 9.79. The molecule has 6 nitrogen and oxygen atoms in total. The molecule has 4 aromatic carbocycles. The zero-order valence-corrected chi connectivity index (χ0v) is 25.0. The Labute approximate surface area is 262 Å². The Balaban J connectivity index is 1.20. The minimum atomic E-state index is -0.533. The highest BCUT2D eigenvalue weighted by Crippen LogP contribution is 2.40. The van der Waals surface area contributed by atoms with E-state index >= 15 is 0 Å². The molecular weight excluding hydrogens is 568 g/mol. The quantitative estimate of drug-likeness (QED) is 0.161. The number of hydrogen-bond acceptors (Lipinski definition) is 6. The number of carbonyl (C=O) groups is 1. The summed E-state index contributed by atoms with van der Waals surface area (Å²) in [6.45, 7) is 0.423. The molecule has 0 aliphatic carbocycles. The van der Waals surface area contributed by atoms with Crippen LogP contribution in [0, 0.1) is 0 Å². The maximum atomic E-state index is 12.5. The van der Waals surface area contributed by atoms with Gasteiger partial charge in [0, 0.05) is 41.6 Å². The molecule has 1 aromatic heterocycles. The highest BCUT2D eigenvalue weighted by atomic mass is 32.2. The molecule has 0 radical (unpaired) electrons. The smallest absolute Gasteiger partial charge is 0.253 e. The highest BCUT2D eigenvalue weighted by Gasteiger charge is 2.32. The van der Waals surface area contributed by atoms with Gasteiger partial charge in [-0.2, -0.15) is 0 Å². The number of amides is 1.